The molecule has 0 N–H and O–H groups in total. The summed E-state index contributed by atoms with van der Waals surface area (Å²) < 4.78 is 6.92. The number of Topliss-reactive ketones (excluding diaryl/α,β-unsaturated/α-hetero) is 1. The second-order valence-electron chi connectivity index (χ2n) is 9.97. The Kier molecular flexibility index (Phi) is 4.40. The summed E-state index contributed by atoms with van der Waals surface area (Å²) in [6.07, 6.45) is 1.75. The van der Waals surface area contributed by atoms with Crippen molar-refractivity contribution in [3.63, 3.8) is 0 Å². The minimum Gasteiger partial charge on any atom is -0.410 e. The Balaban J connectivity index is 2.09. The third kappa shape index (κ3) is 3.17. The number of fused-ring (bicyclic) bond motifs is 1. The normalized spacial score (nSPS) is 26.3. The van der Waals surface area contributed by atoms with Crippen LogP contribution in [0.3, 0.4) is 0 Å². The Morgan fingerprint density at radius 3 is 2.28 bits per heavy atom. The molecule has 0 saturated heterocycles. The van der Waals surface area contributed by atoms with Crippen LogP contribution >= 0.6 is 0 Å². The van der Waals surface area contributed by atoms with Crippen LogP contribution in [0.2, 0.25) is 18.1 Å². The van der Waals surface area contributed by atoms with E-state index in [1.807, 2.05) is 18.2 Å². The Hall–Kier alpha value is -1.19. The van der Waals surface area contributed by atoms with Crippen LogP contribution < -0.4 is 0 Å². The second kappa shape index (κ2) is 5.92. The maximum Gasteiger partial charge on any atom is 0.192 e. The maximum atomic E-state index is 12.8. The van der Waals surface area contributed by atoms with E-state index in [2.05, 4.69) is 59.8 Å². The van der Waals surface area contributed by atoms with Crippen LogP contribution in [0.25, 0.3) is 5.57 Å². The summed E-state index contributed by atoms with van der Waals surface area (Å²) in [5, 5.41) is 0.164. The molecule has 2 nitrogen and oxygen atoms in total. The summed E-state index contributed by atoms with van der Waals surface area (Å²) in [5.74, 6) is 0.651. The molecule has 1 aromatic rings. The van der Waals surface area contributed by atoms with Crippen molar-refractivity contribution in [2.75, 3.05) is 0 Å². The Labute approximate surface area is 153 Å². The molecule has 2 aliphatic carbocycles. The average Bonchev–Trinajstić information content (AvgIpc) is 2.90. The van der Waals surface area contributed by atoms with Crippen molar-refractivity contribution < 1.29 is 9.22 Å². The van der Waals surface area contributed by atoms with Gasteiger partial charge in [-0.25, -0.2) is 0 Å². The minimum atomic E-state index is -1.92. The van der Waals surface area contributed by atoms with Crippen molar-refractivity contribution in [2.45, 2.75) is 71.7 Å². The van der Waals surface area contributed by atoms with Gasteiger partial charge in [0.2, 0.25) is 0 Å². The summed E-state index contributed by atoms with van der Waals surface area (Å²) in [7, 11) is -1.92. The minimum absolute atomic E-state index is 0.0556. The zero-order valence-corrected chi connectivity index (χ0v) is 17.8. The first-order valence-electron chi connectivity index (χ1n) is 9.44. The van der Waals surface area contributed by atoms with Crippen molar-refractivity contribution in [3.8, 4) is 0 Å². The fourth-order valence-electron chi connectivity index (χ4n) is 4.12. The van der Waals surface area contributed by atoms with E-state index >= 15 is 0 Å². The molecule has 136 valence electrons. The molecule has 0 bridgehead atoms. The highest BCUT2D eigenvalue weighted by Gasteiger charge is 2.53. The SMILES string of the molecule is CC1(C)CC2CC(=O)C(c3ccccc3)=C2C1O[Si](C)(C)C(C)(C)C. The van der Waals surface area contributed by atoms with Crippen LogP contribution in [-0.2, 0) is 9.22 Å². The van der Waals surface area contributed by atoms with Gasteiger partial charge >= 0.3 is 0 Å². The van der Waals surface area contributed by atoms with Crippen molar-refractivity contribution in [1.29, 1.82) is 0 Å². The van der Waals surface area contributed by atoms with Gasteiger partial charge in [-0.15, -0.1) is 0 Å². The summed E-state index contributed by atoms with van der Waals surface area (Å²) in [5.41, 5.74) is 3.37. The van der Waals surface area contributed by atoms with Crippen molar-refractivity contribution in [2.24, 2.45) is 11.3 Å². The molecule has 0 amide bonds. The highest BCUT2D eigenvalue weighted by Crippen LogP contribution is 2.56. The molecule has 1 saturated carbocycles. The lowest BCUT2D eigenvalue weighted by molar-refractivity contribution is -0.113. The molecule has 3 rings (SSSR count). The van der Waals surface area contributed by atoms with Gasteiger partial charge in [-0.05, 0) is 47.0 Å². The number of benzene rings is 1. The summed E-state index contributed by atoms with van der Waals surface area (Å²) in [6, 6.07) is 10.2. The number of hydrogen-bond acceptors (Lipinski definition) is 2. The molecule has 2 atom stereocenters. The quantitative estimate of drug-likeness (QED) is 0.635. The third-order valence-electron chi connectivity index (χ3n) is 6.49. The van der Waals surface area contributed by atoms with Gasteiger partial charge in [-0.3, -0.25) is 4.79 Å². The van der Waals surface area contributed by atoms with E-state index in [0.717, 1.165) is 17.6 Å². The average molecular weight is 357 g/mol. The van der Waals surface area contributed by atoms with Crippen LogP contribution in [0.4, 0.5) is 0 Å². The van der Waals surface area contributed by atoms with Gasteiger partial charge in [0.1, 0.15) is 0 Å². The second-order valence-corrected chi connectivity index (χ2v) is 14.7. The Morgan fingerprint density at radius 1 is 1.12 bits per heavy atom. The van der Waals surface area contributed by atoms with E-state index in [1.165, 1.54) is 5.57 Å². The molecular formula is C22H32O2Si. The van der Waals surface area contributed by atoms with Gasteiger partial charge in [-0.2, -0.15) is 0 Å². The third-order valence-corrected chi connectivity index (χ3v) is 10.9. The van der Waals surface area contributed by atoms with Crippen molar-refractivity contribution in [1.82, 2.24) is 0 Å². The summed E-state index contributed by atoms with van der Waals surface area (Å²) >= 11 is 0. The fourth-order valence-corrected chi connectivity index (χ4v) is 5.51. The highest BCUT2D eigenvalue weighted by molar-refractivity contribution is 6.74. The van der Waals surface area contributed by atoms with Crippen LogP contribution in [0, 0.1) is 11.3 Å². The molecule has 25 heavy (non-hydrogen) atoms. The lowest BCUT2D eigenvalue weighted by atomic mass is 9.86. The van der Waals surface area contributed by atoms with E-state index < -0.39 is 8.32 Å². The molecule has 0 radical (unpaired) electrons. The van der Waals surface area contributed by atoms with Gasteiger partial charge in [0.25, 0.3) is 0 Å². The number of carbonyl (C=O) groups excluding carboxylic acids is 1. The first-order valence-corrected chi connectivity index (χ1v) is 12.4. The molecule has 1 fully saturated rings. The van der Waals surface area contributed by atoms with E-state index in [9.17, 15) is 4.79 Å². The first-order chi connectivity index (χ1) is 11.4. The van der Waals surface area contributed by atoms with Gasteiger partial charge in [0.05, 0.1) is 6.10 Å². The summed E-state index contributed by atoms with van der Waals surface area (Å²) in [6.45, 7) is 16.1. The zero-order chi connectivity index (χ0) is 18.6. The zero-order valence-electron chi connectivity index (χ0n) is 16.8. The van der Waals surface area contributed by atoms with E-state index in [-0.39, 0.29) is 16.6 Å². The lowest BCUT2D eigenvalue weighted by Crippen LogP contribution is -2.47. The predicted octanol–water partition coefficient (Wildman–Crippen LogP) is 5.85. The van der Waals surface area contributed by atoms with E-state index in [4.69, 9.17) is 4.43 Å². The first kappa shape index (κ1) is 18.6. The molecule has 0 spiro atoms. The smallest absolute Gasteiger partial charge is 0.192 e. The molecule has 2 unspecified atom stereocenters. The molecule has 2 aliphatic rings. The number of ketones is 1. The van der Waals surface area contributed by atoms with E-state index in [0.29, 0.717) is 18.1 Å². The molecule has 0 heterocycles. The Bertz CT molecular complexity index is 707. The van der Waals surface area contributed by atoms with Gasteiger partial charge in [0, 0.05) is 12.0 Å². The molecule has 3 heteroatoms. The van der Waals surface area contributed by atoms with Crippen LogP contribution in [0.5, 0.6) is 0 Å². The largest absolute Gasteiger partial charge is 0.410 e. The molecule has 1 aromatic carbocycles. The number of hydrogen-bond donors (Lipinski definition) is 0. The standard InChI is InChI=1S/C22H32O2Si/c1-21(2,3)25(6,7)24-20-19-16(14-22(20,4)5)13-17(23)18(19)15-11-9-8-10-12-15/h8-12,16,20H,13-14H2,1-7H3. The summed E-state index contributed by atoms with van der Waals surface area (Å²) in [4.78, 5) is 12.8. The topological polar surface area (TPSA) is 26.3 Å². The molecule has 0 aromatic heterocycles. The lowest BCUT2D eigenvalue weighted by Gasteiger charge is -2.42. The predicted molar refractivity (Wildman–Crippen MR) is 107 cm³/mol. The number of allylic oxidation sites excluding steroid dienone is 1. The molecule has 0 aliphatic heterocycles. The van der Waals surface area contributed by atoms with E-state index in [1.54, 1.807) is 0 Å². The van der Waals surface area contributed by atoms with Crippen molar-refractivity contribution >= 4 is 19.7 Å². The van der Waals surface area contributed by atoms with Crippen molar-refractivity contribution in [3.05, 3.63) is 41.5 Å². The fraction of sp³-hybridized carbons (Fsp3) is 0.591. The number of carbonyl (C=O) groups is 1. The van der Waals surface area contributed by atoms with Gasteiger partial charge < -0.3 is 4.43 Å². The van der Waals surface area contributed by atoms with Gasteiger partial charge in [0.15, 0.2) is 14.1 Å². The van der Waals surface area contributed by atoms with Crippen LogP contribution in [-0.4, -0.2) is 20.2 Å². The monoisotopic (exact) mass is 356 g/mol. The van der Waals surface area contributed by atoms with Crippen LogP contribution in [0.15, 0.2) is 35.9 Å². The maximum absolute atomic E-state index is 12.8. The highest BCUT2D eigenvalue weighted by atomic mass is 28.4. The van der Waals surface area contributed by atoms with Gasteiger partial charge in [-0.1, -0.05) is 65.0 Å². The Morgan fingerprint density at radius 2 is 1.72 bits per heavy atom. The molecular weight excluding hydrogens is 324 g/mol. The van der Waals surface area contributed by atoms with Crippen LogP contribution in [0.1, 0.15) is 53.0 Å². The number of rotatable bonds is 3.